The Labute approximate surface area is 82.4 Å². The molecule has 0 atom stereocenters. The summed E-state index contributed by atoms with van der Waals surface area (Å²) >= 11 is 3.19. The quantitative estimate of drug-likeness (QED) is 0.681. The van der Waals surface area contributed by atoms with E-state index >= 15 is 0 Å². The molecule has 1 saturated carbocycles. The van der Waals surface area contributed by atoms with Crippen molar-refractivity contribution in [2.75, 3.05) is 18.4 Å². The molecule has 70 valence electrons. The largest absolute Gasteiger partial charge is 0.342 e. The first-order chi connectivity index (χ1) is 5.77. The van der Waals surface area contributed by atoms with Crippen LogP contribution in [0.3, 0.4) is 0 Å². The van der Waals surface area contributed by atoms with E-state index in [1.165, 1.54) is 19.3 Å². The lowest BCUT2D eigenvalue weighted by Gasteiger charge is -2.31. The third-order valence-electron chi connectivity index (χ3n) is 2.55. The molecule has 1 aliphatic carbocycles. The van der Waals surface area contributed by atoms with Crippen LogP contribution in [0.1, 0.15) is 26.2 Å². The zero-order chi connectivity index (χ0) is 8.97. The zero-order valence-electron chi connectivity index (χ0n) is 7.55. The molecule has 1 fully saturated rings. The molecule has 0 radical (unpaired) electrons. The average molecular weight is 234 g/mol. The van der Waals surface area contributed by atoms with Crippen LogP contribution >= 0.6 is 15.9 Å². The van der Waals surface area contributed by atoms with E-state index in [4.69, 9.17) is 0 Å². The minimum atomic E-state index is 0.226. The summed E-state index contributed by atoms with van der Waals surface area (Å²) in [5, 5.41) is 0.466. The van der Waals surface area contributed by atoms with Crippen LogP contribution < -0.4 is 0 Å². The Kier molecular flexibility index (Phi) is 4.06. The summed E-state index contributed by atoms with van der Waals surface area (Å²) in [6.07, 6.45) is 3.98. The first-order valence-electron chi connectivity index (χ1n) is 4.61. The summed E-state index contributed by atoms with van der Waals surface area (Å²) in [4.78, 5) is 13.2. The third kappa shape index (κ3) is 2.47. The van der Waals surface area contributed by atoms with E-state index in [0.717, 1.165) is 19.0 Å². The van der Waals surface area contributed by atoms with E-state index in [-0.39, 0.29) is 5.91 Å². The molecule has 12 heavy (non-hydrogen) atoms. The zero-order valence-corrected chi connectivity index (χ0v) is 9.14. The number of halogens is 1. The molecule has 0 aliphatic heterocycles. The standard InChI is InChI=1S/C9H16BrNO/c1-2-11(9(12)6-10)7-8-4-3-5-8/h8H,2-7H2,1H3. The van der Waals surface area contributed by atoms with Crippen LogP contribution in [0.15, 0.2) is 0 Å². The second-order valence-electron chi connectivity index (χ2n) is 3.36. The second kappa shape index (κ2) is 4.85. The molecule has 1 amide bonds. The maximum absolute atomic E-state index is 11.3. The molecule has 2 nitrogen and oxygen atoms in total. The first kappa shape index (κ1) is 10.0. The number of alkyl halides is 1. The molecule has 0 aromatic rings. The van der Waals surface area contributed by atoms with Gasteiger partial charge in [-0.2, -0.15) is 0 Å². The van der Waals surface area contributed by atoms with Crippen LogP contribution in [0.2, 0.25) is 0 Å². The lowest BCUT2D eigenvalue weighted by atomic mass is 9.85. The fourth-order valence-electron chi connectivity index (χ4n) is 1.48. The average Bonchev–Trinajstić information content (AvgIpc) is 2.02. The lowest BCUT2D eigenvalue weighted by molar-refractivity contribution is -0.129. The normalized spacial score (nSPS) is 17.2. The van der Waals surface area contributed by atoms with Gasteiger partial charge in [-0.1, -0.05) is 22.4 Å². The van der Waals surface area contributed by atoms with Gasteiger partial charge in [-0.15, -0.1) is 0 Å². The van der Waals surface area contributed by atoms with Crippen LogP contribution in [-0.4, -0.2) is 29.2 Å². The van der Waals surface area contributed by atoms with Crippen LogP contribution in [0, 0.1) is 5.92 Å². The van der Waals surface area contributed by atoms with Crippen molar-refractivity contribution in [3.63, 3.8) is 0 Å². The Hall–Kier alpha value is -0.0500. The monoisotopic (exact) mass is 233 g/mol. The van der Waals surface area contributed by atoms with Crippen molar-refractivity contribution in [3.05, 3.63) is 0 Å². The fourth-order valence-corrected chi connectivity index (χ4v) is 1.83. The van der Waals surface area contributed by atoms with Crippen molar-refractivity contribution >= 4 is 21.8 Å². The first-order valence-corrected chi connectivity index (χ1v) is 5.73. The van der Waals surface area contributed by atoms with Gasteiger partial charge >= 0.3 is 0 Å². The van der Waals surface area contributed by atoms with Crippen molar-refractivity contribution in [2.24, 2.45) is 5.92 Å². The van der Waals surface area contributed by atoms with Crippen molar-refractivity contribution in [1.29, 1.82) is 0 Å². The fraction of sp³-hybridized carbons (Fsp3) is 0.889. The molecule has 1 rings (SSSR count). The molecular weight excluding hydrogens is 218 g/mol. The summed E-state index contributed by atoms with van der Waals surface area (Å²) in [7, 11) is 0. The molecule has 0 unspecified atom stereocenters. The van der Waals surface area contributed by atoms with Gasteiger partial charge in [-0.25, -0.2) is 0 Å². The summed E-state index contributed by atoms with van der Waals surface area (Å²) in [6, 6.07) is 0. The number of amides is 1. The number of hydrogen-bond acceptors (Lipinski definition) is 1. The van der Waals surface area contributed by atoms with Crippen LogP contribution in [0.5, 0.6) is 0 Å². The Morgan fingerprint density at radius 3 is 2.58 bits per heavy atom. The van der Waals surface area contributed by atoms with E-state index in [2.05, 4.69) is 15.9 Å². The van der Waals surface area contributed by atoms with Crippen molar-refractivity contribution in [2.45, 2.75) is 26.2 Å². The van der Waals surface area contributed by atoms with E-state index in [1.54, 1.807) is 0 Å². The molecule has 0 bridgehead atoms. The van der Waals surface area contributed by atoms with Crippen molar-refractivity contribution in [3.8, 4) is 0 Å². The predicted molar refractivity (Wildman–Crippen MR) is 53.4 cm³/mol. The highest BCUT2D eigenvalue weighted by molar-refractivity contribution is 9.09. The topological polar surface area (TPSA) is 20.3 Å². The molecule has 0 N–H and O–H groups in total. The van der Waals surface area contributed by atoms with Crippen LogP contribution in [-0.2, 0) is 4.79 Å². The van der Waals surface area contributed by atoms with Gasteiger partial charge in [-0.05, 0) is 25.7 Å². The number of hydrogen-bond donors (Lipinski definition) is 0. The third-order valence-corrected chi connectivity index (χ3v) is 3.03. The van der Waals surface area contributed by atoms with Gasteiger partial charge in [0, 0.05) is 13.1 Å². The van der Waals surface area contributed by atoms with Gasteiger partial charge in [0.05, 0.1) is 5.33 Å². The number of carbonyl (C=O) groups is 1. The molecule has 0 spiro atoms. The highest BCUT2D eigenvalue weighted by atomic mass is 79.9. The number of nitrogens with zero attached hydrogens (tertiary/aromatic N) is 1. The van der Waals surface area contributed by atoms with Gasteiger partial charge in [0.15, 0.2) is 0 Å². The van der Waals surface area contributed by atoms with E-state index in [1.807, 2.05) is 11.8 Å². The van der Waals surface area contributed by atoms with E-state index in [9.17, 15) is 4.79 Å². The van der Waals surface area contributed by atoms with Gasteiger partial charge < -0.3 is 4.90 Å². The molecule has 3 heteroatoms. The molecule has 0 saturated heterocycles. The Morgan fingerprint density at radius 2 is 2.25 bits per heavy atom. The highest BCUT2D eigenvalue weighted by Crippen LogP contribution is 2.27. The summed E-state index contributed by atoms with van der Waals surface area (Å²) in [5.41, 5.74) is 0. The van der Waals surface area contributed by atoms with Gasteiger partial charge in [0.1, 0.15) is 0 Å². The van der Waals surface area contributed by atoms with E-state index in [0.29, 0.717) is 5.33 Å². The summed E-state index contributed by atoms with van der Waals surface area (Å²) < 4.78 is 0. The van der Waals surface area contributed by atoms with Gasteiger partial charge in [0.25, 0.3) is 0 Å². The van der Waals surface area contributed by atoms with Gasteiger partial charge in [0.2, 0.25) is 5.91 Å². The van der Waals surface area contributed by atoms with Crippen LogP contribution in [0.25, 0.3) is 0 Å². The van der Waals surface area contributed by atoms with E-state index < -0.39 is 0 Å². The molecule has 1 aliphatic rings. The highest BCUT2D eigenvalue weighted by Gasteiger charge is 2.21. The Morgan fingerprint density at radius 1 is 1.58 bits per heavy atom. The number of rotatable bonds is 4. The molecular formula is C9H16BrNO. The molecule has 0 aromatic heterocycles. The van der Waals surface area contributed by atoms with Gasteiger partial charge in [-0.3, -0.25) is 4.79 Å². The SMILES string of the molecule is CCN(CC1CCC1)C(=O)CBr. The van der Waals surface area contributed by atoms with Crippen molar-refractivity contribution in [1.82, 2.24) is 4.90 Å². The molecule has 0 aromatic carbocycles. The Bertz CT molecular complexity index is 157. The minimum absolute atomic E-state index is 0.226. The van der Waals surface area contributed by atoms with Crippen molar-refractivity contribution < 1.29 is 4.79 Å². The lowest BCUT2D eigenvalue weighted by Crippen LogP contribution is -2.37. The summed E-state index contributed by atoms with van der Waals surface area (Å²) in [5.74, 6) is 1.01. The second-order valence-corrected chi connectivity index (χ2v) is 3.92. The predicted octanol–water partition coefficient (Wildman–Crippen LogP) is 2.03. The van der Waals surface area contributed by atoms with Crippen LogP contribution in [0.4, 0.5) is 0 Å². The smallest absolute Gasteiger partial charge is 0.233 e. The summed E-state index contributed by atoms with van der Waals surface area (Å²) in [6.45, 7) is 3.86. The molecule has 0 heterocycles. The maximum Gasteiger partial charge on any atom is 0.233 e. The number of carbonyl (C=O) groups excluding carboxylic acids is 1. The maximum atomic E-state index is 11.3. The minimum Gasteiger partial charge on any atom is -0.342 e. The Balaban J connectivity index is 2.28.